The summed E-state index contributed by atoms with van der Waals surface area (Å²) >= 11 is 11.8. The third-order valence-electron chi connectivity index (χ3n) is 3.11. The van der Waals surface area contributed by atoms with Crippen LogP contribution in [0.1, 0.15) is 5.56 Å². The molecule has 0 spiro atoms. The number of nitrogens with one attached hydrogen (secondary N) is 2. The number of hydrogen-bond acceptors (Lipinski definition) is 5. The van der Waals surface area contributed by atoms with E-state index in [1.54, 1.807) is 24.4 Å². The lowest BCUT2D eigenvalue weighted by Crippen LogP contribution is -2.03. The van der Waals surface area contributed by atoms with E-state index in [9.17, 15) is 0 Å². The van der Waals surface area contributed by atoms with E-state index < -0.39 is 0 Å². The van der Waals surface area contributed by atoms with Crippen LogP contribution in [0.15, 0.2) is 48.7 Å². The monoisotopic (exact) mass is 345 g/mol. The van der Waals surface area contributed by atoms with E-state index in [0.29, 0.717) is 21.8 Å². The maximum atomic E-state index is 5.96. The van der Waals surface area contributed by atoms with E-state index in [4.69, 9.17) is 23.2 Å². The van der Waals surface area contributed by atoms with E-state index in [1.165, 1.54) is 0 Å². The van der Waals surface area contributed by atoms with Crippen molar-refractivity contribution < 1.29 is 0 Å². The van der Waals surface area contributed by atoms with Gasteiger partial charge in [0.15, 0.2) is 5.82 Å². The molecule has 5 nitrogen and oxygen atoms in total. The summed E-state index contributed by atoms with van der Waals surface area (Å²) in [5.41, 5.74) is 2.74. The lowest BCUT2D eigenvalue weighted by molar-refractivity contribution is 0.982. The van der Waals surface area contributed by atoms with Crippen molar-refractivity contribution in [3.63, 3.8) is 0 Å². The van der Waals surface area contributed by atoms with Crippen LogP contribution in [0.25, 0.3) is 0 Å². The summed E-state index contributed by atoms with van der Waals surface area (Å²) < 4.78 is 0. The van der Waals surface area contributed by atoms with Crippen molar-refractivity contribution in [1.82, 2.24) is 15.2 Å². The minimum Gasteiger partial charge on any atom is -0.339 e. The van der Waals surface area contributed by atoms with E-state index in [2.05, 4.69) is 25.8 Å². The number of rotatable bonds is 4. The number of aromatic nitrogens is 3. The van der Waals surface area contributed by atoms with E-state index in [-0.39, 0.29) is 0 Å². The number of anilines is 4. The average Bonchev–Trinajstić information content (AvgIpc) is 2.53. The molecule has 0 amide bonds. The first-order valence-electron chi connectivity index (χ1n) is 6.86. The SMILES string of the molecule is Cc1cc(Cl)ccc1Nc1nncc(Nc2ccc(Cl)cc2)n1. The third kappa shape index (κ3) is 4.09. The molecule has 0 aliphatic heterocycles. The summed E-state index contributed by atoms with van der Waals surface area (Å²) in [5, 5.41) is 15.6. The molecule has 0 saturated heterocycles. The van der Waals surface area contributed by atoms with Gasteiger partial charge >= 0.3 is 0 Å². The Bertz CT molecular complexity index is 821. The van der Waals surface area contributed by atoms with Crippen molar-refractivity contribution in [2.24, 2.45) is 0 Å². The Balaban J connectivity index is 1.78. The van der Waals surface area contributed by atoms with E-state index in [0.717, 1.165) is 16.9 Å². The topological polar surface area (TPSA) is 62.7 Å². The van der Waals surface area contributed by atoms with Crippen molar-refractivity contribution in [2.75, 3.05) is 10.6 Å². The molecule has 2 N–H and O–H groups in total. The summed E-state index contributed by atoms with van der Waals surface area (Å²) in [6.45, 7) is 1.96. The van der Waals surface area contributed by atoms with Crippen LogP contribution in [0, 0.1) is 6.92 Å². The van der Waals surface area contributed by atoms with Gasteiger partial charge in [-0.05, 0) is 55.0 Å². The van der Waals surface area contributed by atoms with Gasteiger partial charge in [0.2, 0.25) is 5.95 Å². The zero-order valence-electron chi connectivity index (χ0n) is 12.2. The molecule has 0 saturated carbocycles. The molecular weight excluding hydrogens is 333 g/mol. The Morgan fingerprint density at radius 2 is 1.65 bits per heavy atom. The fourth-order valence-corrected chi connectivity index (χ4v) is 2.34. The second-order valence-corrected chi connectivity index (χ2v) is 5.75. The number of aryl methyl sites for hydroxylation is 1. The highest BCUT2D eigenvalue weighted by atomic mass is 35.5. The Labute approximate surface area is 143 Å². The van der Waals surface area contributed by atoms with Crippen molar-refractivity contribution in [2.45, 2.75) is 6.92 Å². The summed E-state index contributed by atoms with van der Waals surface area (Å²) in [7, 11) is 0. The molecule has 116 valence electrons. The van der Waals surface area contributed by atoms with Crippen LogP contribution in [0.2, 0.25) is 10.0 Å². The molecule has 2 aromatic carbocycles. The third-order valence-corrected chi connectivity index (χ3v) is 3.60. The van der Waals surface area contributed by atoms with Crippen LogP contribution >= 0.6 is 23.2 Å². The summed E-state index contributed by atoms with van der Waals surface area (Å²) in [4.78, 5) is 4.39. The highest BCUT2D eigenvalue weighted by molar-refractivity contribution is 6.31. The second-order valence-electron chi connectivity index (χ2n) is 4.88. The molecule has 1 heterocycles. The van der Waals surface area contributed by atoms with Gasteiger partial charge < -0.3 is 10.6 Å². The van der Waals surface area contributed by atoms with E-state index >= 15 is 0 Å². The molecular formula is C16H13Cl2N5. The van der Waals surface area contributed by atoms with Gasteiger partial charge in [-0.1, -0.05) is 23.2 Å². The van der Waals surface area contributed by atoms with Crippen LogP contribution in [-0.2, 0) is 0 Å². The minimum absolute atomic E-state index is 0.398. The Morgan fingerprint density at radius 1 is 0.913 bits per heavy atom. The molecule has 0 bridgehead atoms. The van der Waals surface area contributed by atoms with Crippen LogP contribution in [-0.4, -0.2) is 15.2 Å². The fraction of sp³-hybridized carbons (Fsp3) is 0.0625. The first-order chi connectivity index (χ1) is 11.1. The standard InChI is InChI=1S/C16H13Cl2N5/c1-10-8-12(18)4-7-14(10)21-16-22-15(9-19-23-16)20-13-5-2-11(17)3-6-13/h2-9H,1H3,(H2,20,21,22,23). The molecule has 0 fully saturated rings. The molecule has 23 heavy (non-hydrogen) atoms. The Morgan fingerprint density at radius 3 is 2.39 bits per heavy atom. The zero-order chi connectivity index (χ0) is 16.2. The molecule has 0 aliphatic carbocycles. The Hall–Kier alpha value is -2.37. The Kier molecular flexibility index (Phi) is 4.60. The highest BCUT2D eigenvalue weighted by Crippen LogP contribution is 2.23. The van der Waals surface area contributed by atoms with Gasteiger partial charge in [-0.3, -0.25) is 0 Å². The number of hydrogen-bond donors (Lipinski definition) is 2. The second kappa shape index (κ2) is 6.81. The number of halogens is 2. The molecule has 3 rings (SSSR count). The summed E-state index contributed by atoms with van der Waals surface area (Å²) in [5.74, 6) is 0.978. The predicted octanol–water partition coefficient (Wildman–Crippen LogP) is 4.97. The van der Waals surface area contributed by atoms with E-state index in [1.807, 2.05) is 31.2 Å². The first kappa shape index (κ1) is 15.5. The molecule has 0 unspecified atom stereocenters. The maximum Gasteiger partial charge on any atom is 0.249 e. The molecule has 0 radical (unpaired) electrons. The highest BCUT2D eigenvalue weighted by Gasteiger charge is 2.04. The van der Waals surface area contributed by atoms with Crippen molar-refractivity contribution in [1.29, 1.82) is 0 Å². The van der Waals surface area contributed by atoms with Gasteiger partial charge in [-0.2, -0.15) is 10.1 Å². The first-order valence-corrected chi connectivity index (χ1v) is 7.61. The summed E-state index contributed by atoms with van der Waals surface area (Å²) in [6.07, 6.45) is 1.55. The lowest BCUT2D eigenvalue weighted by Gasteiger charge is -2.09. The van der Waals surface area contributed by atoms with Gasteiger partial charge in [0.25, 0.3) is 0 Å². The lowest BCUT2D eigenvalue weighted by atomic mass is 10.2. The molecule has 1 aromatic heterocycles. The van der Waals surface area contributed by atoms with Gasteiger partial charge in [0.1, 0.15) is 0 Å². The molecule has 7 heteroatoms. The summed E-state index contributed by atoms with van der Waals surface area (Å²) in [6, 6.07) is 12.9. The quantitative estimate of drug-likeness (QED) is 0.698. The normalized spacial score (nSPS) is 10.4. The van der Waals surface area contributed by atoms with Gasteiger partial charge in [0.05, 0.1) is 6.20 Å². The molecule has 0 atom stereocenters. The van der Waals surface area contributed by atoms with Gasteiger partial charge in [-0.25, -0.2) is 0 Å². The smallest absolute Gasteiger partial charge is 0.249 e. The molecule has 0 aliphatic rings. The predicted molar refractivity (Wildman–Crippen MR) is 94.0 cm³/mol. The van der Waals surface area contributed by atoms with Gasteiger partial charge in [-0.15, -0.1) is 5.10 Å². The maximum absolute atomic E-state index is 5.96. The minimum atomic E-state index is 0.398. The van der Waals surface area contributed by atoms with Crippen molar-refractivity contribution in [3.05, 3.63) is 64.3 Å². The van der Waals surface area contributed by atoms with Crippen LogP contribution < -0.4 is 10.6 Å². The van der Waals surface area contributed by atoms with Crippen LogP contribution in [0.5, 0.6) is 0 Å². The number of nitrogens with zero attached hydrogens (tertiary/aromatic N) is 3. The number of benzene rings is 2. The largest absolute Gasteiger partial charge is 0.339 e. The average molecular weight is 346 g/mol. The molecule has 3 aromatic rings. The fourth-order valence-electron chi connectivity index (χ4n) is 1.99. The van der Waals surface area contributed by atoms with Crippen molar-refractivity contribution >= 4 is 46.3 Å². The van der Waals surface area contributed by atoms with Crippen molar-refractivity contribution in [3.8, 4) is 0 Å². The van der Waals surface area contributed by atoms with Crippen LogP contribution in [0.4, 0.5) is 23.1 Å². The zero-order valence-corrected chi connectivity index (χ0v) is 13.7. The van der Waals surface area contributed by atoms with Crippen LogP contribution in [0.3, 0.4) is 0 Å². The van der Waals surface area contributed by atoms with Gasteiger partial charge in [0, 0.05) is 21.4 Å².